The fraction of sp³-hybridized carbons (Fsp3) is 0. The molecule has 0 atom stereocenters. The molecule has 0 fully saturated rings. The van der Waals surface area contributed by atoms with Gasteiger partial charge in [-0.2, -0.15) is 0 Å². The van der Waals surface area contributed by atoms with Gasteiger partial charge in [-0.25, -0.2) is 0 Å². The summed E-state index contributed by atoms with van der Waals surface area (Å²) >= 11 is 2.02. The zero-order valence-electron chi connectivity index (χ0n) is 9.78. The lowest BCUT2D eigenvalue weighted by Crippen LogP contribution is -1.89. The van der Waals surface area contributed by atoms with Gasteiger partial charge in [0.05, 0.1) is 4.90 Å². The molecule has 0 spiro atoms. The van der Waals surface area contributed by atoms with Gasteiger partial charge in [0.25, 0.3) is 11.9 Å². The Morgan fingerprint density at radius 3 is 2.53 bits per heavy atom. The molecule has 0 aromatic heterocycles. The molecule has 7 heteroatoms. The first-order valence-electron chi connectivity index (χ1n) is 5.34. The quantitative estimate of drug-likeness (QED) is 0.379. The molecule has 0 unspecified atom stereocenters. The molecule has 0 amide bonds. The van der Waals surface area contributed by atoms with E-state index < -0.39 is 4.33 Å². The van der Waals surface area contributed by atoms with E-state index in [0.717, 1.165) is 10.6 Å². The second-order valence-electron chi connectivity index (χ2n) is 3.62. The van der Waals surface area contributed by atoms with E-state index >= 15 is 0 Å². The Morgan fingerprint density at radius 1 is 1.11 bits per heavy atom. The van der Waals surface area contributed by atoms with Gasteiger partial charge in [0.2, 0.25) is 0 Å². The van der Waals surface area contributed by atoms with Gasteiger partial charge in [-0.3, -0.25) is 10.1 Å². The first kappa shape index (κ1) is 13.6. The van der Waals surface area contributed by atoms with Crippen LogP contribution in [0.5, 0.6) is 0 Å². The number of nitrogens with two attached hydrogens (primary N) is 1. The van der Waals surface area contributed by atoms with Crippen LogP contribution in [0.2, 0.25) is 0 Å². The fourth-order valence-corrected chi connectivity index (χ4v) is 2.48. The Bertz CT molecular complexity index is 575. The van der Waals surface area contributed by atoms with Crippen molar-refractivity contribution in [1.82, 2.24) is 0 Å². The number of nitrogens with one attached hydrogen (secondary N) is 1. The minimum absolute atomic E-state index is 0.424. The van der Waals surface area contributed by atoms with Crippen molar-refractivity contribution in [2.24, 2.45) is 0 Å². The number of benzene rings is 2. The molecule has 0 bridgehead atoms. The van der Waals surface area contributed by atoms with Gasteiger partial charge >= 0.3 is 0 Å². The third-order valence-corrected chi connectivity index (χ3v) is 3.64. The summed E-state index contributed by atoms with van der Waals surface area (Å²) in [6.07, 6.45) is 0. The Kier molecular flexibility index (Phi) is 4.53. The molecule has 2 aromatic rings. The monoisotopic (exact) mass is 293 g/mol. The SMILES string of the molecule is Nc1ccc(SNc2cccc(S[N+](=O)[O-])c2)cc1. The van der Waals surface area contributed by atoms with E-state index in [1.165, 1.54) is 11.9 Å². The second kappa shape index (κ2) is 6.35. The van der Waals surface area contributed by atoms with E-state index in [-0.39, 0.29) is 0 Å². The number of nitrogens with zero attached hydrogens (tertiary/aromatic N) is 1. The normalized spacial score (nSPS) is 10.1. The van der Waals surface area contributed by atoms with Crippen molar-refractivity contribution < 1.29 is 4.33 Å². The smallest absolute Gasteiger partial charge is 0.265 e. The largest absolute Gasteiger partial charge is 0.399 e. The Balaban J connectivity index is 1.99. The highest BCUT2D eigenvalue weighted by atomic mass is 32.2. The summed E-state index contributed by atoms with van der Waals surface area (Å²) in [5.41, 5.74) is 7.13. The third kappa shape index (κ3) is 4.38. The summed E-state index contributed by atoms with van der Waals surface area (Å²) in [4.78, 5) is 12.0. The summed E-state index contributed by atoms with van der Waals surface area (Å²) in [6, 6.07) is 14.5. The molecule has 0 aliphatic carbocycles. The van der Waals surface area contributed by atoms with E-state index in [0.29, 0.717) is 22.5 Å². The van der Waals surface area contributed by atoms with Crippen LogP contribution >= 0.6 is 23.9 Å². The van der Waals surface area contributed by atoms with Crippen molar-refractivity contribution in [3.05, 3.63) is 58.6 Å². The molecular formula is C12H11N3O2S2. The van der Waals surface area contributed by atoms with Gasteiger partial charge in [0.15, 0.2) is 0 Å². The molecule has 2 aromatic carbocycles. The van der Waals surface area contributed by atoms with Gasteiger partial charge in [-0.05, 0) is 54.4 Å². The third-order valence-electron chi connectivity index (χ3n) is 2.18. The molecule has 0 aliphatic heterocycles. The molecular weight excluding hydrogens is 282 g/mol. The van der Waals surface area contributed by atoms with Crippen LogP contribution in [-0.2, 0) is 0 Å². The van der Waals surface area contributed by atoms with Gasteiger partial charge in [0.1, 0.15) is 4.33 Å². The van der Waals surface area contributed by atoms with E-state index in [2.05, 4.69) is 4.72 Å². The fourth-order valence-electron chi connectivity index (χ4n) is 1.36. The first-order valence-corrected chi connectivity index (χ1v) is 6.93. The van der Waals surface area contributed by atoms with Gasteiger partial charge in [-0.15, -0.1) is 0 Å². The van der Waals surface area contributed by atoms with Gasteiger partial charge < -0.3 is 10.5 Å². The van der Waals surface area contributed by atoms with Gasteiger partial charge in [-0.1, -0.05) is 6.07 Å². The maximum atomic E-state index is 10.4. The zero-order valence-corrected chi connectivity index (χ0v) is 11.4. The van der Waals surface area contributed by atoms with E-state index in [1.54, 1.807) is 18.2 Å². The first-order chi connectivity index (χ1) is 9.13. The molecule has 5 nitrogen and oxygen atoms in total. The predicted molar refractivity (Wildman–Crippen MR) is 79.6 cm³/mol. The molecule has 19 heavy (non-hydrogen) atoms. The van der Waals surface area contributed by atoms with Gasteiger partial charge in [0, 0.05) is 16.3 Å². The molecule has 0 heterocycles. The summed E-state index contributed by atoms with van der Waals surface area (Å²) in [5.74, 6) is 0. The molecule has 3 N–H and O–H groups in total. The topological polar surface area (TPSA) is 81.2 Å². The van der Waals surface area contributed by atoms with Crippen molar-refractivity contribution in [2.75, 3.05) is 10.5 Å². The van der Waals surface area contributed by atoms with E-state index in [9.17, 15) is 10.1 Å². The van der Waals surface area contributed by atoms with Crippen molar-refractivity contribution in [3.63, 3.8) is 0 Å². The highest BCUT2D eigenvalue weighted by Crippen LogP contribution is 2.26. The number of rotatable bonds is 5. The Labute approximate surface area is 119 Å². The lowest BCUT2D eigenvalue weighted by atomic mass is 10.3. The van der Waals surface area contributed by atoms with Crippen LogP contribution in [0.1, 0.15) is 0 Å². The highest BCUT2D eigenvalue weighted by molar-refractivity contribution is 8.00. The van der Waals surface area contributed by atoms with Crippen molar-refractivity contribution >= 4 is 35.3 Å². The Morgan fingerprint density at radius 2 is 1.84 bits per heavy atom. The average molecular weight is 293 g/mol. The summed E-state index contributed by atoms with van der Waals surface area (Å²) in [5, 5.41) is 10.4. The van der Waals surface area contributed by atoms with Crippen LogP contribution in [0.15, 0.2) is 58.3 Å². The highest BCUT2D eigenvalue weighted by Gasteiger charge is 2.05. The van der Waals surface area contributed by atoms with Crippen LogP contribution in [0.4, 0.5) is 11.4 Å². The molecule has 0 saturated heterocycles. The predicted octanol–water partition coefficient (Wildman–Crippen LogP) is 3.67. The molecule has 0 saturated carbocycles. The molecule has 2 rings (SSSR count). The Hall–Kier alpha value is -1.86. The van der Waals surface area contributed by atoms with Crippen LogP contribution in [0, 0.1) is 10.1 Å². The number of hydrogen-bond donors (Lipinski definition) is 2. The maximum absolute atomic E-state index is 10.4. The molecule has 0 aliphatic rings. The van der Waals surface area contributed by atoms with Crippen molar-refractivity contribution in [1.29, 1.82) is 0 Å². The van der Waals surface area contributed by atoms with Crippen LogP contribution in [0.25, 0.3) is 0 Å². The summed E-state index contributed by atoms with van der Waals surface area (Å²) in [7, 11) is 0. The zero-order chi connectivity index (χ0) is 13.7. The molecule has 0 radical (unpaired) electrons. The summed E-state index contributed by atoms with van der Waals surface area (Å²) in [6.45, 7) is 0. The van der Waals surface area contributed by atoms with E-state index in [1.807, 2.05) is 30.3 Å². The number of anilines is 2. The summed E-state index contributed by atoms with van der Waals surface area (Å²) < 4.78 is 2.71. The van der Waals surface area contributed by atoms with Crippen LogP contribution in [0.3, 0.4) is 0 Å². The van der Waals surface area contributed by atoms with Crippen LogP contribution < -0.4 is 10.5 Å². The minimum atomic E-state index is -0.424. The standard InChI is InChI=1S/C12H11N3O2S2/c13-9-4-6-11(7-5-9)18-14-10-2-1-3-12(8-10)19-15(16)17/h1-8,14H,13H2. The number of nitrogen functional groups attached to an aromatic ring is 1. The van der Waals surface area contributed by atoms with Crippen molar-refractivity contribution in [3.8, 4) is 0 Å². The molecule has 98 valence electrons. The lowest BCUT2D eigenvalue weighted by Gasteiger charge is -2.06. The van der Waals surface area contributed by atoms with Crippen LogP contribution in [-0.4, -0.2) is 4.33 Å². The van der Waals surface area contributed by atoms with E-state index in [4.69, 9.17) is 5.73 Å². The maximum Gasteiger partial charge on any atom is 0.265 e. The lowest BCUT2D eigenvalue weighted by molar-refractivity contribution is -0.284. The number of nitro groups is 1. The number of hydrogen-bond acceptors (Lipinski definition) is 6. The average Bonchev–Trinajstić information content (AvgIpc) is 2.38. The van der Waals surface area contributed by atoms with Crippen molar-refractivity contribution in [2.45, 2.75) is 9.79 Å². The minimum Gasteiger partial charge on any atom is -0.399 e. The second-order valence-corrected chi connectivity index (χ2v) is 5.45.